The maximum Gasteiger partial charge on any atom is 0.305 e. The summed E-state index contributed by atoms with van der Waals surface area (Å²) in [6, 6.07) is 0.0251. The van der Waals surface area contributed by atoms with E-state index in [1.165, 1.54) is 19.3 Å². The van der Waals surface area contributed by atoms with E-state index in [1.54, 1.807) is 0 Å². The van der Waals surface area contributed by atoms with Crippen LogP contribution in [0.1, 0.15) is 51.9 Å². The molecule has 2 aliphatic rings. The van der Waals surface area contributed by atoms with Crippen LogP contribution in [0.25, 0.3) is 0 Å². The highest BCUT2D eigenvalue weighted by Crippen LogP contribution is 2.26. The summed E-state index contributed by atoms with van der Waals surface area (Å²) in [7, 11) is 0. The molecule has 0 bridgehead atoms. The second-order valence-corrected chi connectivity index (χ2v) is 5.84. The molecule has 108 valence electrons. The molecule has 19 heavy (non-hydrogen) atoms. The Hall–Kier alpha value is -1.10. The zero-order chi connectivity index (χ0) is 13.8. The summed E-state index contributed by atoms with van der Waals surface area (Å²) in [5, 5.41) is 12.0. The van der Waals surface area contributed by atoms with E-state index in [2.05, 4.69) is 10.2 Å². The lowest BCUT2D eigenvalue weighted by molar-refractivity contribution is -0.142. The molecule has 1 saturated heterocycles. The largest absolute Gasteiger partial charge is 0.481 e. The Labute approximate surface area is 114 Å². The number of hydrogen-bond donors (Lipinski definition) is 2. The smallest absolute Gasteiger partial charge is 0.305 e. The van der Waals surface area contributed by atoms with Crippen molar-refractivity contribution >= 4 is 11.9 Å². The van der Waals surface area contributed by atoms with Gasteiger partial charge in [0.15, 0.2) is 0 Å². The summed E-state index contributed by atoms with van der Waals surface area (Å²) in [5.74, 6) is -1.01. The van der Waals surface area contributed by atoms with Crippen LogP contribution in [-0.2, 0) is 9.59 Å². The Bertz CT molecular complexity index is 340. The third-order valence-electron chi connectivity index (χ3n) is 4.32. The van der Waals surface area contributed by atoms with E-state index in [9.17, 15) is 9.59 Å². The zero-order valence-corrected chi connectivity index (χ0v) is 11.6. The minimum Gasteiger partial charge on any atom is -0.481 e. The van der Waals surface area contributed by atoms with Gasteiger partial charge in [-0.2, -0.15) is 0 Å². The molecule has 1 amide bonds. The van der Waals surface area contributed by atoms with Crippen LogP contribution in [0.4, 0.5) is 0 Å². The highest BCUT2D eigenvalue weighted by molar-refractivity contribution is 5.86. The monoisotopic (exact) mass is 268 g/mol. The Balaban J connectivity index is 2.13. The third kappa shape index (κ3) is 3.69. The molecule has 0 aromatic rings. The molecule has 2 N–H and O–H groups in total. The number of nitrogens with zero attached hydrogens (tertiary/aromatic N) is 1. The molecular weight excluding hydrogens is 244 g/mol. The van der Waals surface area contributed by atoms with Crippen molar-refractivity contribution in [2.45, 2.75) is 70.0 Å². The number of nitrogens with one attached hydrogen (secondary N) is 1. The minimum absolute atomic E-state index is 0.0882. The average Bonchev–Trinajstić information content (AvgIpc) is 2.50. The summed E-state index contributed by atoms with van der Waals surface area (Å²) in [6.07, 6.45) is 6.65. The minimum atomic E-state index is -0.893. The fourth-order valence-corrected chi connectivity index (χ4v) is 3.29. The lowest BCUT2D eigenvalue weighted by Crippen LogP contribution is -2.50. The van der Waals surface area contributed by atoms with Gasteiger partial charge in [-0.25, -0.2) is 0 Å². The molecule has 1 heterocycles. The number of hydrogen-bond acceptors (Lipinski definition) is 3. The third-order valence-corrected chi connectivity index (χ3v) is 4.32. The number of carbonyl (C=O) groups excluding carboxylic acids is 1. The second-order valence-electron chi connectivity index (χ2n) is 5.84. The van der Waals surface area contributed by atoms with Gasteiger partial charge in [-0.1, -0.05) is 19.3 Å². The van der Waals surface area contributed by atoms with Crippen molar-refractivity contribution in [2.75, 3.05) is 6.54 Å². The van der Waals surface area contributed by atoms with Crippen LogP contribution in [0.2, 0.25) is 0 Å². The summed E-state index contributed by atoms with van der Waals surface area (Å²) in [5.41, 5.74) is 0. The first-order valence-corrected chi connectivity index (χ1v) is 7.36. The van der Waals surface area contributed by atoms with Gasteiger partial charge < -0.3 is 10.4 Å². The van der Waals surface area contributed by atoms with Crippen molar-refractivity contribution in [2.24, 2.45) is 0 Å². The van der Waals surface area contributed by atoms with E-state index in [0.717, 1.165) is 25.8 Å². The molecule has 2 unspecified atom stereocenters. The molecule has 2 fully saturated rings. The van der Waals surface area contributed by atoms with Crippen LogP contribution >= 0.6 is 0 Å². The van der Waals surface area contributed by atoms with E-state index in [0.29, 0.717) is 6.04 Å². The SMILES string of the molecule is CC1CCN(C2CCCCC2)C(CC(=O)O)C(=O)N1. The van der Waals surface area contributed by atoms with E-state index >= 15 is 0 Å². The van der Waals surface area contributed by atoms with Crippen LogP contribution in [0.5, 0.6) is 0 Å². The molecule has 2 rings (SSSR count). The predicted octanol–water partition coefficient (Wildman–Crippen LogP) is 1.37. The van der Waals surface area contributed by atoms with E-state index in [-0.39, 0.29) is 18.4 Å². The molecule has 0 spiro atoms. The molecule has 5 heteroatoms. The maximum atomic E-state index is 12.2. The highest BCUT2D eigenvalue weighted by atomic mass is 16.4. The number of amides is 1. The van der Waals surface area contributed by atoms with Gasteiger partial charge in [-0.3, -0.25) is 14.5 Å². The second kappa shape index (κ2) is 6.37. The number of carboxylic acid groups (broad SMARTS) is 1. The van der Waals surface area contributed by atoms with E-state index < -0.39 is 12.0 Å². The van der Waals surface area contributed by atoms with Gasteiger partial charge >= 0.3 is 5.97 Å². The summed E-state index contributed by atoms with van der Waals surface area (Å²) >= 11 is 0. The van der Waals surface area contributed by atoms with Gasteiger partial charge in [0, 0.05) is 18.6 Å². The zero-order valence-electron chi connectivity index (χ0n) is 11.6. The standard InChI is InChI=1S/C14H24N2O3/c1-10-7-8-16(11-5-3-2-4-6-11)12(9-13(17)18)14(19)15-10/h10-12H,2-9H2,1H3,(H,15,19)(H,17,18). The van der Waals surface area contributed by atoms with Crippen molar-refractivity contribution < 1.29 is 14.7 Å². The van der Waals surface area contributed by atoms with Crippen molar-refractivity contribution in [3.63, 3.8) is 0 Å². The molecule has 5 nitrogen and oxygen atoms in total. The molecule has 0 radical (unpaired) electrons. The van der Waals surface area contributed by atoms with Crippen molar-refractivity contribution in [1.29, 1.82) is 0 Å². The molecule has 1 saturated carbocycles. The first kappa shape index (κ1) is 14.3. The topological polar surface area (TPSA) is 69.6 Å². The molecule has 1 aliphatic carbocycles. The van der Waals surface area contributed by atoms with Gasteiger partial charge in [0.1, 0.15) is 0 Å². The van der Waals surface area contributed by atoms with Crippen LogP contribution in [0.15, 0.2) is 0 Å². The Morgan fingerprint density at radius 3 is 2.63 bits per heavy atom. The van der Waals surface area contributed by atoms with Gasteiger partial charge in [0.05, 0.1) is 12.5 Å². The number of aliphatic carboxylic acids is 1. The predicted molar refractivity (Wildman–Crippen MR) is 71.8 cm³/mol. The number of rotatable bonds is 3. The van der Waals surface area contributed by atoms with Gasteiger partial charge in [-0.15, -0.1) is 0 Å². The Kier molecular flexibility index (Phi) is 4.80. The maximum absolute atomic E-state index is 12.2. The van der Waals surface area contributed by atoms with Crippen LogP contribution < -0.4 is 5.32 Å². The quantitative estimate of drug-likeness (QED) is 0.811. The van der Waals surface area contributed by atoms with Crippen LogP contribution in [0.3, 0.4) is 0 Å². The Morgan fingerprint density at radius 2 is 2.00 bits per heavy atom. The van der Waals surface area contributed by atoms with Gasteiger partial charge in [0.2, 0.25) is 5.91 Å². The molecule has 0 aromatic carbocycles. The van der Waals surface area contributed by atoms with E-state index in [1.807, 2.05) is 6.92 Å². The van der Waals surface area contributed by atoms with Crippen LogP contribution in [-0.4, -0.2) is 46.6 Å². The van der Waals surface area contributed by atoms with Gasteiger partial charge in [-0.05, 0) is 26.2 Å². The molecule has 0 aromatic heterocycles. The lowest BCUT2D eigenvalue weighted by Gasteiger charge is -2.37. The van der Waals surface area contributed by atoms with Crippen molar-refractivity contribution in [3.8, 4) is 0 Å². The van der Waals surface area contributed by atoms with Crippen molar-refractivity contribution in [1.82, 2.24) is 10.2 Å². The van der Waals surface area contributed by atoms with Gasteiger partial charge in [0.25, 0.3) is 0 Å². The first-order valence-electron chi connectivity index (χ1n) is 7.36. The lowest BCUT2D eigenvalue weighted by atomic mass is 9.92. The summed E-state index contributed by atoms with van der Waals surface area (Å²) in [4.78, 5) is 25.4. The van der Waals surface area contributed by atoms with Crippen LogP contribution in [0, 0.1) is 0 Å². The number of carboxylic acids is 1. The summed E-state index contributed by atoms with van der Waals surface area (Å²) < 4.78 is 0. The average molecular weight is 268 g/mol. The Morgan fingerprint density at radius 1 is 1.32 bits per heavy atom. The molecular formula is C14H24N2O3. The number of carbonyl (C=O) groups is 2. The molecule has 2 atom stereocenters. The first-order chi connectivity index (χ1) is 9.08. The normalized spacial score (nSPS) is 30.7. The fourth-order valence-electron chi connectivity index (χ4n) is 3.29. The molecule has 1 aliphatic heterocycles. The summed E-state index contributed by atoms with van der Waals surface area (Å²) in [6.45, 7) is 2.81. The van der Waals surface area contributed by atoms with Crippen molar-refractivity contribution in [3.05, 3.63) is 0 Å². The fraction of sp³-hybridized carbons (Fsp3) is 0.857. The van der Waals surface area contributed by atoms with E-state index in [4.69, 9.17) is 5.11 Å². The highest BCUT2D eigenvalue weighted by Gasteiger charge is 2.36.